The lowest BCUT2D eigenvalue weighted by Crippen LogP contribution is -2.35. The number of fused-ring (bicyclic) bond motifs is 1. The number of hydrogen-bond donors (Lipinski definition) is 0. The molecule has 0 aliphatic carbocycles. The molecule has 2 heteroatoms. The van der Waals surface area contributed by atoms with E-state index in [0.29, 0.717) is 5.92 Å². The zero-order valence-electron chi connectivity index (χ0n) is 15.9. The number of nitrogens with zero attached hydrogens (tertiary/aromatic N) is 2. The van der Waals surface area contributed by atoms with Gasteiger partial charge in [0.15, 0.2) is 0 Å². The summed E-state index contributed by atoms with van der Waals surface area (Å²) in [6.07, 6.45) is 13.3. The Morgan fingerprint density at radius 1 is 1.00 bits per heavy atom. The second-order valence-corrected chi connectivity index (χ2v) is 7.76. The van der Waals surface area contributed by atoms with Gasteiger partial charge in [0.1, 0.15) is 5.84 Å². The van der Waals surface area contributed by atoms with Crippen molar-refractivity contribution in [2.45, 2.75) is 67.9 Å². The van der Waals surface area contributed by atoms with Crippen molar-refractivity contribution in [3.8, 4) is 0 Å². The molecule has 0 N–H and O–H groups in total. The summed E-state index contributed by atoms with van der Waals surface area (Å²) in [6.45, 7) is 19.8. The van der Waals surface area contributed by atoms with Crippen LogP contribution in [0, 0.1) is 16.7 Å². The number of allylic oxidation sites excluding steroid dienone is 2. The van der Waals surface area contributed by atoms with Gasteiger partial charge in [0, 0.05) is 17.8 Å². The third kappa shape index (κ3) is 3.53. The highest BCUT2D eigenvalue weighted by Crippen LogP contribution is 2.42. The van der Waals surface area contributed by atoms with E-state index in [9.17, 15) is 0 Å². The molecule has 2 atom stereocenters. The van der Waals surface area contributed by atoms with Crippen LogP contribution in [0.1, 0.15) is 62.3 Å². The fourth-order valence-electron chi connectivity index (χ4n) is 2.26. The van der Waals surface area contributed by atoms with Crippen molar-refractivity contribution in [2.24, 2.45) is 21.7 Å². The van der Waals surface area contributed by atoms with E-state index in [2.05, 4.69) is 90.1 Å². The highest BCUT2D eigenvalue weighted by molar-refractivity contribution is 5.96. The summed E-state index contributed by atoms with van der Waals surface area (Å²) in [4.78, 5) is 7.08. The van der Waals surface area contributed by atoms with Gasteiger partial charge in [-0.3, -0.25) is 4.99 Å². The molecule has 2 aliphatic rings. The summed E-state index contributed by atoms with van der Waals surface area (Å²) in [5, 5.41) is 0. The molecule has 0 aromatic heterocycles. The van der Waals surface area contributed by atoms with E-state index < -0.39 is 0 Å². The maximum absolute atomic E-state index is 4.96. The predicted octanol–water partition coefficient (Wildman–Crippen LogP) is 5.79. The number of aliphatic imine (C=N–C) groups is 1. The lowest BCUT2D eigenvalue weighted by Gasteiger charge is -2.36. The summed E-state index contributed by atoms with van der Waals surface area (Å²) in [6, 6.07) is 0. The molecule has 0 saturated heterocycles. The minimum atomic E-state index is -0.105. The van der Waals surface area contributed by atoms with Crippen molar-refractivity contribution >= 4 is 5.84 Å². The lowest BCUT2D eigenvalue weighted by molar-refractivity contribution is 0.228. The van der Waals surface area contributed by atoms with Gasteiger partial charge in [-0.15, -0.1) is 0 Å². The maximum Gasteiger partial charge on any atom is 0.132 e. The van der Waals surface area contributed by atoms with Crippen molar-refractivity contribution in [3.63, 3.8) is 0 Å². The van der Waals surface area contributed by atoms with Gasteiger partial charge in [-0.1, -0.05) is 67.5 Å². The van der Waals surface area contributed by atoms with Gasteiger partial charge in [0.05, 0.1) is 5.54 Å². The molecule has 0 aromatic carbocycles. The molecule has 0 aromatic rings. The third-order valence-electron chi connectivity index (χ3n) is 5.14. The topological polar surface area (TPSA) is 15.6 Å². The molecular weight excluding hydrogens is 268 g/mol. The van der Waals surface area contributed by atoms with E-state index >= 15 is 0 Å². The first-order valence-corrected chi connectivity index (χ1v) is 8.54. The van der Waals surface area contributed by atoms with Crippen LogP contribution in [0.3, 0.4) is 0 Å². The van der Waals surface area contributed by atoms with E-state index in [1.807, 2.05) is 13.8 Å². The Hall–Kier alpha value is -1.31. The van der Waals surface area contributed by atoms with Crippen molar-refractivity contribution < 1.29 is 0 Å². The van der Waals surface area contributed by atoms with Gasteiger partial charge in [-0.05, 0) is 30.4 Å². The smallest absolute Gasteiger partial charge is 0.132 e. The van der Waals surface area contributed by atoms with Gasteiger partial charge in [-0.25, -0.2) is 0 Å². The molecule has 124 valence electrons. The Morgan fingerprint density at radius 2 is 1.55 bits per heavy atom. The summed E-state index contributed by atoms with van der Waals surface area (Å²) < 4.78 is 0. The maximum atomic E-state index is 4.96. The van der Waals surface area contributed by atoms with Crippen molar-refractivity contribution in [3.05, 3.63) is 36.7 Å². The van der Waals surface area contributed by atoms with E-state index in [0.717, 1.165) is 5.84 Å². The van der Waals surface area contributed by atoms with Crippen molar-refractivity contribution in [1.29, 1.82) is 0 Å². The van der Waals surface area contributed by atoms with Crippen LogP contribution < -0.4 is 0 Å². The first kappa shape index (κ1) is 18.7. The van der Waals surface area contributed by atoms with Crippen LogP contribution in [0.25, 0.3) is 0 Å². The molecule has 2 heterocycles. The molecule has 22 heavy (non-hydrogen) atoms. The average Bonchev–Trinajstić information content (AvgIpc) is 2.61. The van der Waals surface area contributed by atoms with Gasteiger partial charge in [-0.2, -0.15) is 0 Å². The highest BCUT2D eigenvalue weighted by atomic mass is 15.2. The average molecular weight is 303 g/mol. The molecule has 0 spiro atoms. The summed E-state index contributed by atoms with van der Waals surface area (Å²) >= 11 is 0. The van der Waals surface area contributed by atoms with Gasteiger partial charge in [0.25, 0.3) is 0 Å². The SMILES string of the molecule is CC.CC(C)C1(C)C=CN2C=CC(C)(C(C)(C)C)C=CC2=N1. The molecule has 2 nitrogen and oxygen atoms in total. The fraction of sp³-hybridized carbons (Fsp3) is 0.650. The number of rotatable bonds is 1. The molecule has 0 saturated carbocycles. The van der Waals surface area contributed by atoms with Crippen LogP contribution in [0.5, 0.6) is 0 Å². The summed E-state index contributed by atoms with van der Waals surface area (Å²) in [5.74, 6) is 1.52. The van der Waals surface area contributed by atoms with Crippen LogP contribution >= 0.6 is 0 Å². The van der Waals surface area contributed by atoms with Crippen LogP contribution in [-0.2, 0) is 0 Å². The second-order valence-electron chi connectivity index (χ2n) is 7.76. The normalized spacial score (nSPS) is 30.5. The standard InChI is InChI=1S/C18H28N2.C2H6/c1-14(2)18(7)11-13-20-12-10-17(6,16(3,4)5)9-8-15(20)19-18;1-2/h8-14H,1-7H3;1-2H3. The lowest BCUT2D eigenvalue weighted by atomic mass is 9.68. The molecule has 0 fully saturated rings. The molecular formula is C20H34N2. The van der Waals surface area contributed by atoms with Crippen LogP contribution in [0.4, 0.5) is 0 Å². The van der Waals surface area contributed by atoms with E-state index in [1.54, 1.807) is 0 Å². The van der Waals surface area contributed by atoms with Gasteiger partial charge >= 0.3 is 0 Å². The zero-order valence-corrected chi connectivity index (χ0v) is 15.9. The van der Waals surface area contributed by atoms with Crippen LogP contribution in [0.2, 0.25) is 0 Å². The molecule has 2 rings (SSSR count). The molecule has 0 amide bonds. The van der Waals surface area contributed by atoms with Crippen LogP contribution in [-0.4, -0.2) is 16.3 Å². The third-order valence-corrected chi connectivity index (χ3v) is 5.14. The van der Waals surface area contributed by atoms with E-state index in [4.69, 9.17) is 4.99 Å². The molecule has 2 aliphatic heterocycles. The van der Waals surface area contributed by atoms with E-state index in [1.165, 1.54) is 0 Å². The Kier molecular flexibility index (Phi) is 5.48. The molecule has 2 unspecified atom stereocenters. The first-order valence-electron chi connectivity index (χ1n) is 8.54. The molecule has 0 radical (unpaired) electrons. The van der Waals surface area contributed by atoms with Gasteiger partial charge in [0.2, 0.25) is 0 Å². The minimum Gasteiger partial charge on any atom is -0.309 e. The zero-order chi connectivity index (χ0) is 17.2. The quantitative estimate of drug-likeness (QED) is 0.598. The van der Waals surface area contributed by atoms with Crippen molar-refractivity contribution in [2.75, 3.05) is 0 Å². The summed E-state index contributed by atoms with van der Waals surface area (Å²) in [7, 11) is 0. The Bertz CT molecular complexity index is 502. The Morgan fingerprint density at radius 3 is 2.05 bits per heavy atom. The minimum absolute atomic E-state index is 0.0366. The summed E-state index contributed by atoms with van der Waals surface area (Å²) in [5.41, 5.74) is 0.113. The van der Waals surface area contributed by atoms with Crippen molar-refractivity contribution in [1.82, 2.24) is 4.90 Å². The Labute approximate surface area is 137 Å². The highest BCUT2D eigenvalue weighted by Gasteiger charge is 2.35. The predicted molar refractivity (Wildman–Crippen MR) is 98.8 cm³/mol. The largest absolute Gasteiger partial charge is 0.309 e. The van der Waals surface area contributed by atoms with Gasteiger partial charge < -0.3 is 4.90 Å². The van der Waals surface area contributed by atoms with E-state index in [-0.39, 0.29) is 16.4 Å². The molecule has 0 bridgehead atoms. The fourth-order valence-corrected chi connectivity index (χ4v) is 2.26. The number of amidine groups is 1. The first-order chi connectivity index (χ1) is 10.1. The second kappa shape index (κ2) is 6.44. The Balaban J connectivity index is 0.00000116. The number of hydrogen-bond acceptors (Lipinski definition) is 2. The monoisotopic (exact) mass is 302 g/mol. The van der Waals surface area contributed by atoms with Crippen LogP contribution in [0.15, 0.2) is 41.7 Å².